The van der Waals surface area contributed by atoms with Crippen LogP contribution < -0.4 is 5.73 Å². The number of hydrogen-bond acceptors (Lipinski definition) is 2. The SMILES string of the molecule is CC(C)C(CN)c1ccc2nc(C3CC3)n(C)c2c1. The smallest absolute Gasteiger partial charge is 0.112 e. The number of nitrogens with zero attached hydrogens (tertiary/aromatic N) is 2. The van der Waals surface area contributed by atoms with Crippen LogP contribution in [-0.2, 0) is 7.05 Å². The van der Waals surface area contributed by atoms with Crippen molar-refractivity contribution in [3.05, 3.63) is 29.6 Å². The van der Waals surface area contributed by atoms with Crippen LogP contribution in [0.3, 0.4) is 0 Å². The van der Waals surface area contributed by atoms with Crippen molar-refractivity contribution in [3.63, 3.8) is 0 Å². The molecule has 3 heteroatoms. The molecule has 1 saturated carbocycles. The van der Waals surface area contributed by atoms with Crippen molar-refractivity contribution in [1.29, 1.82) is 0 Å². The number of benzene rings is 1. The third kappa shape index (κ3) is 2.16. The van der Waals surface area contributed by atoms with E-state index in [4.69, 9.17) is 10.7 Å². The third-order valence-corrected chi connectivity index (χ3v) is 4.37. The third-order valence-electron chi connectivity index (χ3n) is 4.37. The number of aryl methyl sites for hydroxylation is 1. The highest BCUT2D eigenvalue weighted by atomic mass is 15.1. The first-order valence-corrected chi connectivity index (χ1v) is 7.28. The molecule has 1 heterocycles. The van der Waals surface area contributed by atoms with Crippen molar-refractivity contribution in [1.82, 2.24) is 9.55 Å². The van der Waals surface area contributed by atoms with E-state index in [2.05, 4.69) is 43.7 Å². The quantitative estimate of drug-likeness (QED) is 0.914. The molecular weight excluding hydrogens is 234 g/mol. The molecule has 1 aliphatic rings. The van der Waals surface area contributed by atoms with Gasteiger partial charge in [-0.05, 0) is 48.9 Å². The van der Waals surface area contributed by atoms with Gasteiger partial charge in [-0.1, -0.05) is 19.9 Å². The number of imidazole rings is 1. The summed E-state index contributed by atoms with van der Waals surface area (Å²) in [6.07, 6.45) is 2.59. The van der Waals surface area contributed by atoms with Crippen molar-refractivity contribution in [2.75, 3.05) is 6.54 Å². The van der Waals surface area contributed by atoms with Crippen LogP contribution in [0.5, 0.6) is 0 Å². The number of nitrogens with two attached hydrogens (primary N) is 1. The molecule has 1 atom stereocenters. The van der Waals surface area contributed by atoms with E-state index < -0.39 is 0 Å². The standard InChI is InChI=1S/C16H23N3/c1-10(2)13(9-17)12-6-7-14-15(8-12)19(3)16(18-14)11-4-5-11/h6-8,10-11,13H,4-5,9,17H2,1-3H3. The molecule has 0 bridgehead atoms. The van der Waals surface area contributed by atoms with Crippen LogP contribution in [0.4, 0.5) is 0 Å². The maximum absolute atomic E-state index is 5.93. The molecule has 19 heavy (non-hydrogen) atoms. The van der Waals surface area contributed by atoms with E-state index in [0.717, 1.165) is 5.52 Å². The van der Waals surface area contributed by atoms with E-state index in [0.29, 0.717) is 24.3 Å². The maximum Gasteiger partial charge on any atom is 0.112 e. The molecule has 3 rings (SSSR count). The fourth-order valence-electron chi connectivity index (χ4n) is 2.96. The first-order valence-electron chi connectivity index (χ1n) is 7.28. The largest absolute Gasteiger partial charge is 0.331 e. The second-order valence-corrected chi connectivity index (χ2v) is 6.14. The fourth-order valence-corrected chi connectivity index (χ4v) is 2.96. The molecule has 3 nitrogen and oxygen atoms in total. The second-order valence-electron chi connectivity index (χ2n) is 6.14. The molecule has 0 saturated heterocycles. The highest BCUT2D eigenvalue weighted by Crippen LogP contribution is 2.40. The predicted molar refractivity (Wildman–Crippen MR) is 79.3 cm³/mol. The fraction of sp³-hybridized carbons (Fsp3) is 0.562. The van der Waals surface area contributed by atoms with Gasteiger partial charge in [0.25, 0.3) is 0 Å². The van der Waals surface area contributed by atoms with Crippen LogP contribution >= 0.6 is 0 Å². The topological polar surface area (TPSA) is 43.8 Å². The molecule has 1 unspecified atom stereocenters. The van der Waals surface area contributed by atoms with Gasteiger partial charge in [0, 0.05) is 13.0 Å². The van der Waals surface area contributed by atoms with E-state index >= 15 is 0 Å². The van der Waals surface area contributed by atoms with Crippen LogP contribution in [0.2, 0.25) is 0 Å². The molecule has 0 spiro atoms. The number of aromatic nitrogens is 2. The van der Waals surface area contributed by atoms with Crippen LogP contribution in [-0.4, -0.2) is 16.1 Å². The summed E-state index contributed by atoms with van der Waals surface area (Å²) in [5.74, 6) is 2.94. The maximum atomic E-state index is 5.93. The number of fused-ring (bicyclic) bond motifs is 1. The van der Waals surface area contributed by atoms with E-state index in [1.807, 2.05) is 0 Å². The Balaban J connectivity index is 2.06. The lowest BCUT2D eigenvalue weighted by Crippen LogP contribution is -2.17. The van der Waals surface area contributed by atoms with Crippen LogP contribution in [0.25, 0.3) is 11.0 Å². The Morgan fingerprint density at radius 1 is 1.37 bits per heavy atom. The monoisotopic (exact) mass is 257 g/mol. The first-order chi connectivity index (χ1) is 9.11. The minimum atomic E-state index is 0.434. The zero-order chi connectivity index (χ0) is 13.6. The Labute approximate surface area is 114 Å². The van der Waals surface area contributed by atoms with Crippen molar-refractivity contribution in [2.24, 2.45) is 18.7 Å². The van der Waals surface area contributed by atoms with E-state index in [9.17, 15) is 0 Å². The van der Waals surface area contributed by atoms with Crippen molar-refractivity contribution in [2.45, 2.75) is 38.5 Å². The van der Waals surface area contributed by atoms with Crippen LogP contribution in [0.1, 0.15) is 49.9 Å². The van der Waals surface area contributed by atoms with Gasteiger partial charge in [0.05, 0.1) is 11.0 Å². The number of rotatable bonds is 4. The molecule has 0 radical (unpaired) electrons. The van der Waals surface area contributed by atoms with Gasteiger partial charge < -0.3 is 10.3 Å². The zero-order valence-corrected chi connectivity index (χ0v) is 12.1. The lowest BCUT2D eigenvalue weighted by Gasteiger charge is -2.19. The molecule has 1 aromatic carbocycles. The molecule has 0 aliphatic heterocycles. The molecule has 1 aromatic heterocycles. The predicted octanol–water partition coefficient (Wildman–Crippen LogP) is 3.15. The summed E-state index contributed by atoms with van der Waals surface area (Å²) in [7, 11) is 2.14. The summed E-state index contributed by atoms with van der Waals surface area (Å²) >= 11 is 0. The lowest BCUT2D eigenvalue weighted by atomic mass is 9.88. The van der Waals surface area contributed by atoms with Gasteiger partial charge in [-0.15, -0.1) is 0 Å². The molecule has 2 N–H and O–H groups in total. The van der Waals surface area contributed by atoms with Crippen molar-refractivity contribution < 1.29 is 0 Å². The van der Waals surface area contributed by atoms with Crippen molar-refractivity contribution >= 4 is 11.0 Å². The molecular formula is C16H23N3. The molecule has 102 valence electrons. The van der Waals surface area contributed by atoms with Gasteiger partial charge in [-0.25, -0.2) is 4.98 Å². The van der Waals surface area contributed by atoms with Crippen LogP contribution in [0.15, 0.2) is 18.2 Å². The normalized spacial score (nSPS) is 17.3. The minimum Gasteiger partial charge on any atom is -0.331 e. The number of hydrogen-bond donors (Lipinski definition) is 1. The summed E-state index contributed by atoms with van der Waals surface area (Å²) in [6, 6.07) is 6.64. The Morgan fingerprint density at radius 2 is 2.11 bits per heavy atom. The lowest BCUT2D eigenvalue weighted by molar-refractivity contribution is 0.506. The summed E-state index contributed by atoms with van der Waals surface area (Å²) in [6.45, 7) is 5.18. The Morgan fingerprint density at radius 3 is 2.68 bits per heavy atom. The Kier molecular flexibility index (Phi) is 3.09. The molecule has 2 aromatic rings. The average Bonchev–Trinajstić information content (AvgIpc) is 3.16. The Hall–Kier alpha value is -1.35. The summed E-state index contributed by atoms with van der Waals surface area (Å²) in [4.78, 5) is 4.78. The van der Waals surface area contributed by atoms with Crippen molar-refractivity contribution in [3.8, 4) is 0 Å². The van der Waals surface area contributed by atoms with Crippen LogP contribution in [0, 0.1) is 5.92 Å². The Bertz CT molecular complexity index is 593. The summed E-state index contributed by atoms with van der Waals surface area (Å²) in [5.41, 5.74) is 9.64. The first kappa shape index (κ1) is 12.7. The molecule has 0 amide bonds. The second kappa shape index (κ2) is 4.64. The minimum absolute atomic E-state index is 0.434. The highest BCUT2D eigenvalue weighted by molar-refractivity contribution is 5.77. The van der Waals surface area contributed by atoms with Gasteiger partial charge in [-0.2, -0.15) is 0 Å². The van der Waals surface area contributed by atoms with Gasteiger partial charge in [0.15, 0.2) is 0 Å². The molecule has 1 aliphatic carbocycles. The van der Waals surface area contributed by atoms with E-state index in [-0.39, 0.29) is 0 Å². The zero-order valence-electron chi connectivity index (χ0n) is 12.1. The van der Waals surface area contributed by atoms with Gasteiger partial charge in [-0.3, -0.25) is 0 Å². The van der Waals surface area contributed by atoms with Gasteiger partial charge >= 0.3 is 0 Å². The summed E-state index contributed by atoms with van der Waals surface area (Å²) in [5, 5.41) is 0. The molecule has 1 fully saturated rings. The highest BCUT2D eigenvalue weighted by Gasteiger charge is 2.28. The summed E-state index contributed by atoms with van der Waals surface area (Å²) < 4.78 is 2.27. The van der Waals surface area contributed by atoms with Gasteiger partial charge in [0.1, 0.15) is 5.82 Å². The average molecular weight is 257 g/mol. The van der Waals surface area contributed by atoms with E-state index in [1.165, 1.54) is 29.7 Å². The van der Waals surface area contributed by atoms with Gasteiger partial charge in [0.2, 0.25) is 0 Å². The van der Waals surface area contributed by atoms with E-state index in [1.54, 1.807) is 0 Å².